The summed E-state index contributed by atoms with van der Waals surface area (Å²) in [5.41, 5.74) is 12.4. The SMILES string of the molecule is c1ccc(-c2ccc(-c3nc(-c4ccccc4)cc(-n4c5ccccc5c5cc(-c6cccc7c6sc6ccc(-c8ccccc8)cc67)ccc54)n3)cc2)cc1. The second-order valence-electron chi connectivity index (χ2n) is 14.2. The molecular formula is C52H33N3S. The first-order valence-electron chi connectivity index (χ1n) is 18.9. The van der Waals surface area contributed by atoms with Gasteiger partial charge in [-0.05, 0) is 63.7 Å². The quantitative estimate of drug-likeness (QED) is 0.170. The van der Waals surface area contributed by atoms with Crippen LogP contribution in [-0.4, -0.2) is 14.5 Å². The number of benzene rings is 8. The highest BCUT2D eigenvalue weighted by molar-refractivity contribution is 7.26. The summed E-state index contributed by atoms with van der Waals surface area (Å²) >= 11 is 1.87. The number of para-hydroxylation sites is 1. The molecule has 0 radical (unpaired) electrons. The molecule has 0 aliphatic heterocycles. The summed E-state index contributed by atoms with van der Waals surface area (Å²) in [4.78, 5) is 10.4. The average molecular weight is 732 g/mol. The van der Waals surface area contributed by atoms with E-state index in [0.717, 1.165) is 39.2 Å². The maximum absolute atomic E-state index is 5.30. The highest BCUT2D eigenvalue weighted by Crippen LogP contribution is 2.43. The molecule has 0 aliphatic carbocycles. The number of thiophene rings is 1. The van der Waals surface area contributed by atoms with Crippen LogP contribution in [0.1, 0.15) is 0 Å². The maximum atomic E-state index is 5.30. The summed E-state index contributed by atoms with van der Waals surface area (Å²) in [5.74, 6) is 1.52. The van der Waals surface area contributed by atoms with Crippen LogP contribution < -0.4 is 0 Å². The third-order valence-electron chi connectivity index (χ3n) is 10.8. The minimum Gasteiger partial charge on any atom is -0.294 e. The van der Waals surface area contributed by atoms with Crippen molar-refractivity contribution in [2.75, 3.05) is 0 Å². The number of hydrogen-bond donors (Lipinski definition) is 0. The molecule has 3 aromatic heterocycles. The van der Waals surface area contributed by atoms with Gasteiger partial charge in [-0.15, -0.1) is 11.3 Å². The fourth-order valence-electron chi connectivity index (χ4n) is 8.10. The molecule has 56 heavy (non-hydrogen) atoms. The van der Waals surface area contributed by atoms with Crippen molar-refractivity contribution in [2.45, 2.75) is 0 Å². The molecule has 0 bridgehead atoms. The Labute approximate surface area is 328 Å². The number of aromatic nitrogens is 3. The molecule has 4 heteroatoms. The van der Waals surface area contributed by atoms with E-state index < -0.39 is 0 Å². The molecule has 11 rings (SSSR count). The van der Waals surface area contributed by atoms with Crippen LogP contribution in [0.15, 0.2) is 200 Å². The largest absolute Gasteiger partial charge is 0.294 e. The molecule has 3 heterocycles. The van der Waals surface area contributed by atoms with E-state index >= 15 is 0 Å². The number of rotatable bonds is 6. The first-order valence-corrected chi connectivity index (χ1v) is 19.7. The Morgan fingerprint density at radius 3 is 1.70 bits per heavy atom. The monoisotopic (exact) mass is 731 g/mol. The van der Waals surface area contributed by atoms with Gasteiger partial charge < -0.3 is 0 Å². The Balaban J connectivity index is 1.07. The van der Waals surface area contributed by atoms with E-state index in [4.69, 9.17) is 9.97 Å². The molecule has 0 atom stereocenters. The summed E-state index contributed by atoms with van der Waals surface area (Å²) in [6.07, 6.45) is 0. The summed E-state index contributed by atoms with van der Waals surface area (Å²) in [6.45, 7) is 0. The van der Waals surface area contributed by atoms with Crippen LogP contribution in [0.3, 0.4) is 0 Å². The number of hydrogen-bond acceptors (Lipinski definition) is 3. The van der Waals surface area contributed by atoms with Crippen molar-refractivity contribution >= 4 is 53.3 Å². The van der Waals surface area contributed by atoms with Crippen LogP contribution in [-0.2, 0) is 0 Å². The Bertz CT molecular complexity index is 3220. The minimum absolute atomic E-state index is 0.690. The lowest BCUT2D eigenvalue weighted by molar-refractivity contribution is 1.05. The van der Waals surface area contributed by atoms with E-state index in [1.165, 1.54) is 58.8 Å². The van der Waals surface area contributed by atoms with Crippen LogP contribution in [0, 0.1) is 0 Å². The van der Waals surface area contributed by atoms with Gasteiger partial charge in [-0.2, -0.15) is 0 Å². The topological polar surface area (TPSA) is 30.7 Å². The van der Waals surface area contributed by atoms with Crippen molar-refractivity contribution in [2.24, 2.45) is 0 Å². The van der Waals surface area contributed by atoms with Crippen LogP contribution in [0.25, 0.3) is 104 Å². The lowest BCUT2D eigenvalue weighted by Gasteiger charge is -2.12. The van der Waals surface area contributed by atoms with Gasteiger partial charge in [-0.1, -0.05) is 164 Å². The summed E-state index contributed by atoms with van der Waals surface area (Å²) in [5, 5.41) is 4.97. The van der Waals surface area contributed by atoms with E-state index in [9.17, 15) is 0 Å². The molecule has 0 saturated heterocycles. The van der Waals surface area contributed by atoms with E-state index in [1.54, 1.807) is 0 Å². The number of nitrogens with zero attached hydrogens (tertiary/aromatic N) is 3. The first-order chi connectivity index (χ1) is 27.7. The normalized spacial score (nSPS) is 11.6. The molecule has 0 N–H and O–H groups in total. The highest BCUT2D eigenvalue weighted by atomic mass is 32.1. The average Bonchev–Trinajstić information content (AvgIpc) is 3.82. The fourth-order valence-corrected chi connectivity index (χ4v) is 9.32. The lowest BCUT2D eigenvalue weighted by atomic mass is 9.99. The van der Waals surface area contributed by atoms with Gasteiger partial charge in [0, 0.05) is 48.1 Å². The van der Waals surface area contributed by atoms with Crippen LogP contribution >= 0.6 is 11.3 Å². The summed E-state index contributed by atoms with van der Waals surface area (Å²) < 4.78 is 4.91. The fraction of sp³-hybridized carbons (Fsp3) is 0. The van der Waals surface area contributed by atoms with Gasteiger partial charge in [0.15, 0.2) is 5.82 Å². The standard InChI is InChI=1S/C52H33N3S/c1-4-13-34(14-5-1)36-23-25-38(26-24-36)52-53-46(37-17-8-3-9-18-37)33-50(54-52)55-47-22-11-10-19-42(47)44-32-40(27-29-48(44)55)41-20-12-21-43-45-31-39(35-15-6-2-7-16-35)28-30-49(45)56-51(41)43/h1-33H. The zero-order valence-corrected chi connectivity index (χ0v) is 31.1. The molecule has 0 unspecified atom stereocenters. The van der Waals surface area contributed by atoms with Gasteiger partial charge in [0.1, 0.15) is 5.82 Å². The van der Waals surface area contributed by atoms with Crippen LogP contribution in [0.4, 0.5) is 0 Å². The van der Waals surface area contributed by atoms with Gasteiger partial charge >= 0.3 is 0 Å². The molecule has 11 aromatic rings. The van der Waals surface area contributed by atoms with Crippen molar-refractivity contribution in [3.63, 3.8) is 0 Å². The highest BCUT2D eigenvalue weighted by Gasteiger charge is 2.19. The van der Waals surface area contributed by atoms with E-state index in [0.29, 0.717) is 5.82 Å². The van der Waals surface area contributed by atoms with Gasteiger partial charge in [-0.25, -0.2) is 9.97 Å². The Morgan fingerprint density at radius 2 is 0.929 bits per heavy atom. The maximum Gasteiger partial charge on any atom is 0.162 e. The van der Waals surface area contributed by atoms with Crippen LogP contribution in [0.5, 0.6) is 0 Å². The second kappa shape index (κ2) is 13.3. The second-order valence-corrected chi connectivity index (χ2v) is 15.2. The Hall–Kier alpha value is -7.14. The zero-order valence-electron chi connectivity index (χ0n) is 30.3. The Kier molecular flexibility index (Phi) is 7.68. The smallest absolute Gasteiger partial charge is 0.162 e. The molecule has 0 fully saturated rings. The van der Waals surface area contributed by atoms with Crippen molar-refractivity contribution in [3.05, 3.63) is 200 Å². The van der Waals surface area contributed by atoms with Crippen molar-refractivity contribution < 1.29 is 0 Å². The molecule has 3 nitrogen and oxygen atoms in total. The van der Waals surface area contributed by atoms with E-state index in [-0.39, 0.29) is 0 Å². The summed E-state index contributed by atoms with van der Waals surface area (Å²) in [6, 6.07) is 71.4. The lowest BCUT2D eigenvalue weighted by Crippen LogP contribution is -2.02. The van der Waals surface area contributed by atoms with Gasteiger partial charge in [0.2, 0.25) is 0 Å². The van der Waals surface area contributed by atoms with Crippen molar-refractivity contribution in [1.29, 1.82) is 0 Å². The van der Waals surface area contributed by atoms with Crippen molar-refractivity contribution in [3.8, 4) is 61.8 Å². The summed E-state index contributed by atoms with van der Waals surface area (Å²) in [7, 11) is 0. The zero-order chi connectivity index (χ0) is 37.0. The molecule has 262 valence electrons. The van der Waals surface area contributed by atoms with Gasteiger partial charge in [0.05, 0.1) is 16.7 Å². The molecule has 8 aromatic carbocycles. The van der Waals surface area contributed by atoms with Crippen molar-refractivity contribution in [1.82, 2.24) is 14.5 Å². The van der Waals surface area contributed by atoms with E-state index in [2.05, 4.69) is 193 Å². The van der Waals surface area contributed by atoms with Crippen LogP contribution in [0.2, 0.25) is 0 Å². The third kappa shape index (κ3) is 5.50. The van der Waals surface area contributed by atoms with E-state index in [1.807, 2.05) is 23.5 Å². The molecular weight excluding hydrogens is 699 g/mol. The van der Waals surface area contributed by atoms with Gasteiger partial charge in [0.25, 0.3) is 0 Å². The molecule has 0 aliphatic rings. The molecule has 0 amide bonds. The molecule has 0 spiro atoms. The third-order valence-corrected chi connectivity index (χ3v) is 12.1. The first kappa shape index (κ1) is 32.3. The molecule has 0 saturated carbocycles. The minimum atomic E-state index is 0.690. The predicted molar refractivity (Wildman–Crippen MR) is 236 cm³/mol. The number of fused-ring (bicyclic) bond motifs is 6. The van der Waals surface area contributed by atoms with Gasteiger partial charge in [-0.3, -0.25) is 4.57 Å². The predicted octanol–water partition coefficient (Wildman–Crippen LogP) is 14.3. The Morgan fingerprint density at radius 1 is 0.357 bits per heavy atom.